The van der Waals surface area contributed by atoms with Crippen LogP contribution in [-0.4, -0.2) is 19.1 Å². The highest BCUT2D eigenvalue weighted by Gasteiger charge is 2.15. The molecule has 0 saturated carbocycles. The van der Waals surface area contributed by atoms with Crippen molar-refractivity contribution >= 4 is 11.2 Å². The van der Waals surface area contributed by atoms with Crippen LogP contribution in [0.2, 0.25) is 0 Å². The van der Waals surface area contributed by atoms with Crippen molar-refractivity contribution in [3.63, 3.8) is 0 Å². The Kier molecular flexibility index (Phi) is 3.10. The maximum atomic E-state index is 12.6. The molecule has 0 aromatic carbocycles. The van der Waals surface area contributed by atoms with Gasteiger partial charge in [0, 0.05) is 24.6 Å². The van der Waals surface area contributed by atoms with Gasteiger partial charge < -0.3 is 0 Å². The first kappa shape index (κ1) is 12.6. The molecule has 3 aromatic rings. The van der Waals surface area contributed by atoms with Crippen molar-refractivity contribution in [2.24, 2.45) is 0 Å². The molecule has 0 radical (unpaired) electrons. The van der Waals surface area contributed by atoms with E-state index >= 15 is 0 Å². The second kappa shape index (κ2) is 4.92. The van der Waals surface area contributed by atoms with E-state index in [-0.39, 0.29) is 11.7 Å². The number of pyridine rings is 2. The molecule has 0 aliphatic carbocycles. The minimum absolute atomic E-state index is 0.0300. The molecule has 0 bridgehead atoms. The summed E-state index contributed by atoms with van der Waals surface area (Å²) in [6.07, 6.45) is 5.22. The van der Waals surface area contributed by atoms with Gasteiger partial charge in [-0.2, -0.15) is 0 Å². The van der Waals surface area contributed by atoms with Gasteiger partial charge >= 0.3 is 5.69 Å². The Bertz CT molecular complexity index is 786. The fourth-order valence-corrected chi connectivity index (χ4v) is 2.40. The van der Waals surface area contributed by atoms with Crippen molar-refractivity contribution in [3.8, 4) is 0 Å². The highest BCUT2D eigenvalue weighted by atomic mass is 16.1. The lowest BCUT2D eigenvalue weighted by Crippen LogP contribution is -2.26. The van der Waals surface area contributed by atoms with Crippen LogP contribution >= 0.6 is 0 Å². The molecule has 0 saturated heterocycles. The second-order valence-corrected chi connectivity index (χ2v) is 5.04. The smallest absolute Gasteiger partial charge is 0.286 e. The van der Waals surface area contributed by atoms with E-state index in [1.54, 1.807) is 27.7 Å². The van der Waals surface area contributed by atoms with Crippen LogP contribution in [0.1, 0.15) is 25.5 Å². The summed E-state index contributed by atoms with van der Waals surface area (Å²) < 4.78 is 3.48. The van der Waals surface area contributed by atoms with Gasteiger partial charge in [0.2, 0.25) is 0 Å². The minimum atomic E-state index is -0.0300. The van der Waals surface area contributed by atoms with E-state index in [1.807, 2.05) is 38.1 Å². The number of aromatic nitrogens is 4. The number of imidazole rings is 1. The summed E-state index contributed by atoms with van der Waals surface area (Å²) in [5.41, 5.74) is 2.56. The first-order chi connectivity index (χ1) is 9.68. The molecule has 3 heterocycles. The zero-order valence-electron chi connectivity index (χ0n) is 11.5. The van der Waals surface area contributed by atoms with Crippen LogP contribution in [-0.2, 0) is 6.54 Å². The van der Waals surface area contributed by atoms with Gasteiger partial charge in [-0.05, 0) is 37.6 Å². The SMILES string of the molecule is CC(C)n1c(=O)n(Cc2cccnc2)c2cccnc21. The Labute approximate surface area is 116 Å². The lowest BCUT2D eigenvalue weighted by atomic mass is 10.3. The van der Waals surface area contributed by atoms with E-state index in [4.69, 9.17) is 0 Å². The molecular formula is C15H16N4O. The predicted octanol–water partition coefficient (Wildman–Crippen LogP) is 2.22. The molecule has 3 aromatic heterocycles. The number of fused-ring (bicyclic) bond motifs is 1. The standard InChI is InChI=1S/C15H16N4O/c1-11(2)19-14-13(6-4-8-17-14)18(15(19)20)10-12-5-3-7-16-9-12/h3-9,11H,10H2,1-2H3. The summed E-state index contributed by atoms with van der Waals surface area (Å²) in [4.78, 5) is 21.0. The second-order valence-electron chi connectivity index (χ2n) is 5.04. The Morgan fingerprint density at radius 3 is 2.70 bits per heavy atom. The first-order valence-electron chi connectivity index (χ1n) is 6.63. The fraction of sp³-hybridized carbons (Fsp3) is 0.267. The van der Waals surface area contributed by atoms with Gasteiger partial charge in [0.25, 0.3) is 0 Å². The third kappa shape index (κ3) is 2.01. The molecule has 0 amide bonds. The maximum Gasteiger partial charge on any atom is 0.330 e. The molecule has 0 spiro atoms. The van der Waals surface area contributed by atoms with Crippen molar-refractivity contribution in [2.75, 3.05) is 0 Å². The van der Waals surface area contributed by atoms with Crippen LogP contribution in [0.15, 0.2) is 47.7 Å². The number of rotatable bonds is 3. The Balaban J connectivity index is 2.21. The first-order valence-corrected chi connectivity index (χ1v) is 6.63. The maximum absolute atomic E-state index is 12.6. The molecule has 3 rings (SSSR count). The average Bonchev–Trinajstić information content (AvgIpc) is 2.73. The monoisotopic (exact) mass is 268 g/mol. The van der Waals surface area contributed by atoms with Crippen molar-refractivity contribution in [1.29, 1.82) is 0 Å². The molecule has 102 valence electrons. The summed E-state index contributed by atoms with van der Waals surface area (Å²) in [5, 5.41) is 0. The molecule has 0 aliphatic heterocycles. The van der Waals surface area contributed by atoms with Crippen LogP contribution in [0.5, 0.6) is 0 Å². The molecule has 20 heavy (non-hydrogen) atoms. The van der Waals surface area contributed by atoms with Gasteiger partial charge in [0.15, 0.2) is 5.65 Å². The largest absolute Gasteiger partial charge is 0.330 e. The van der Waals surface area contributed by atoms with E-state index in [1.165, 1.54) is 0 Å². The number of nitrogens with zero attached hydrogens (tertiary/aromatic N) is 4. The van der Waals surface area contributed by atoms with Crippen molar-refractivity contribution in [3.05, 3.63) is 58.9 Å². The zero-order chi connectivity index (χ0) is 14.1. The van der Waals surface area contributed by atoms with Crippen LogP contribution < -0.4 is 5.69 Å². The number of hydrogen-bond donors (Lipinski definition) is 0. The third-order valence-corrected chi connectivity index (χ3v) is 3.30. The molecule has 0 unspecified atom stereocenters. The van der Waals surface area contributed by atoms with Gasteiger partial charge in [-0.3, -0.25) is 14.1 Å². The zero-order valence-corrected chi connectivity index (χ0v) is 11.5. The highest BCUT2D eigenvalue weighted by molar-refractivity contribution is 5.71. The van der Waals surface area contributed by atoms with E-state index in [9.17, 15) is 4.79 Å². The van der Waals surface area contributed by atoms with Crippen LogP contribution in [0.3, 0.4) is 0 Å². The van der Waals surface area contributed by atoms with E-state index < -0.39 is 0 Å². The molecule has 0 fully saturated rings. The van der Waals surface area contributed by atoms with Gasteiger partial charge in [-0.15, -0.1) is 0 Å². The van der Waals surface area contributed by atoms with E-state index in [0.29, 0.717) is 6.54 Å². The Morgan fingerprint density at radius 1 is 1.20 bits per heavy atom. The summed E-state index contributed by atoms with van der Waals surface area (Å²) in [5.74, 6) is 0. The quantitative estimate of drug-likeness (QED) is 0.732. The molecule has 0 aliphatic rings. The Hall–Kier alpha value is -2.43. The molecule has 5 nitrogen and oxygen atoms in total. The normalized spacial score (nSPS) is 11.3. The number of hydrogen-bond acceptors (Lipinski definition) is 3. The van der Waals surface area contributed by atoms with Crippen molar-refractivity contribution in [2.45, 2.75) is 26.4 Å². The summed E-state index contributed by atoms with van der Waals surface area (Å²) >= 11 is 0. The van der Waals surface area contributed by atoms with Crippen LogP contribution in [0, 0.1) is 0 Å². The van der Waals surface area contributed by atoms with Gasteiger partial charge in [0.1, 0.15) is 0 Å². The third-order valence-electron chi connectivity index (χ3n) is 3.30. The van der Waals surface area contributed by atoms with E-state index in [0.717, 1.165) is 16.7 Å². The minimum Gasteiger partial charge on any atom is -0.286 e. The summed E-state index contributed by atoms with van der Waals surface area (Å²) in [7, 11) is 0. The molecule has 0 N–H and O–H groups in total. The average molecular weight is 268 g/mol. The molecule has 5 heteroatoms. The fourth-order valence-electron chi connectivity index (χ4n) is 2.40. The lowest BCUT2D eigenvalue weighted by Gasteiger charge is -2.05. The Morgan fingerprint density at radius 2 is 2.00 bits per heavy atom. The van der Waals surface area contributed by atoms with Crippen LogP contribution in [0.4, 0.5) is 0 Å². The predicted molar refractivity (Wildman–Crippen MR) is 77.7 cm³/mol. The lowest BCUT2D eigenvalue weighted by molar-refractivity contribution is 0.572. The van der Waals surface area contributed by atoms with E-state index in [2.05, 4.69) is 9.97 Å². The summed E-state index contributed by atoms with van der Waals surface area (Å²) in [6, 6.07) is 7.70. The van der Waals surface area contributed by atoms with Crippen molar-refractivity contribution < 1.29 is 0 Å². The molecule has 0 atom stereocenters. The topological polar surface area (TPSA) is 52.7 Å². The van der Waals surface area contributed by atoms with Gasteiger partial charge in [0.05, 0.1) is 12.1 Å². The summed E-state index contributed by atoms with van der Waals surface area (Å²) in [6.45, 7) is 4.49. The highest BCUT2D eigenvalue weighted by Crippen LogP contribution is 2.15. The van der Waals surface area contributed by atoms with Gasteiger partial charge in [-0.1, -0.05) is 6.07 Å². The van der Waals surface area contributed by atoms with Crippen molar-refractivity contribution in [1.82, 2.24) is 19.1 Å². The van der Waals surface area contributed by atoms with Crippen LogP contribution in [0.25, 0.3) is 11.2 Å². The van der Waals surface area contributed by atoms with Gasteiger partial charge in [-0.25, -0.2) is 9.78 Å². The molecular weight excluding hydrogens is 252 g/mol.